The Hall–Kier alpha value is -3.28. The first-order valence-electron chi connectivity index (χ1n) is 7.90. The summed E-state index contributed by atoms with van der Waals surface area (Å²) in [6.07, 6.45) is 1.75. The molecule has 0 bridgehead atoms. The van der Waals surface area contributed by atoms with Crippen LogP contribution in [-0.2, 0) is 0 Å². The number of para-hydroxylation sites is 1. The fraction of sp³-hybridized carbons (Fsp3) is 0.158. The zero-order valence-corrected chi connectivity index (χ0v) is 14.4. The lowest BCUT2D eigenvalue weighted by molar-refractivity contribution is 0.105. The van der Waals surface area contributed by atoms with Gasteiger partial charge in [0.15, 0.2) is 11.6 Å². The van der Waals surface area contributed by atoms with Crippen molar-refractivity contribution in [3.63, 3.8) is 0 Å². The summed E-state index contributed by atoms with van der Waals surface area (Å²) < 4.78 is 1.57. The summed E-state index contributed by atoms with van der Waals surface area (Å²) in [5.41, 5.74) is 2.78. The van der Waals surface area contributed by atoms with Crippen LogP contribution < -0.4 is 0 Å². The number of hydrogen-bond donors (Lipinski definition) is 0. The van der Waals surface area contributed by atoms with Gasteiger partial charge in [0.2, 0.25) is 0 Å². The van der Waals surface area contributed by atoms with E-state index in [1.165, 1.54) is 0 Å². The summed E-state index contributed by atoms with van der Waals surface area (Å²) in [6.45, 7) is 1.92. The Balaban J connectivity index is 2.12. The summed E-state index contributed by atoms with van der Waals surface area (Å²) in [7, 11) is 3.73. The first kappa shape index (κ1) is 16.6. The Morgan fingerprint density at radius 1 is 1.04 bits per heavy atom. The smallest absolute Gasteiger partial charge is 0.198 e. The number of rotatable bonds is 5. The van der Waals surface area contributed by atoms with Crippen LogP contribution in [0.2, 0.25) is 0 Å². The van der Waals surface area contributed by atoms with Gasteiger partial charge < -0.3 is 4.90 Å². The Morgan fingerprint density at radius 2 is 1.72 bits per heavy atom. The molecule has 6 nitrogen and oxygen atoms in total. The first-order chi connectivity index (χ1) is 12.1. The molecule has 3 rings (SSSR count). The van der Waals surface area contributed by atoms with Gasteiger partial charge in [-0.1, -0.05) is 42.5 Å². The number of carbonyl (C=O) groups is 1. The third-order valence-corrected chi connectivity index (χ3v) is 3.73. The SMILES string of the molecule is Cc1ccccc1C(=O)C(=CN(C)C)c1nnnn1-c1ccccc1. The average Bonchev–Trinajstić information content (AvgIpc) is 3.09. The minimum absolute atomic E-state index is 0.112. The van der Waals surface area contributed by atoms with Gasteiger partial charge in [0, 0.05) is 25.9 Å². The third kappa shape index (κ3) is 3.47. The second kappa shape index (κ2) is 7.09. The number of aryl methyl sites for hydroxylation is 1. The molecule has 3 aromatic rings. The van der Waals surface area contributed by atoms with Crippen molar-refractivity contribution in [3.05, 3.63) is 77.7 Å². The van der Waals surface area contributed by atoms with Crippen LogP contribution in [0.3, 0.4) is 0 Å². The monoisotopic (exact) mass is 333 g/mol. The molecule has 0 unspecified atom stereocenters. The molecule has 0 aliphatic carbocycles. The maximum absolute atomic E-state index is 13.2. The van der Waals surface area contributed by atoms with Crippen molar-refractivity contribution in [1.82, 2.24) is 25.1 Å². The van der Waals surface area contributed by atoms with E-state index >= 15 is 0 Å². The molecule has 2 aromatic carbocycles. The van der Waals surface area contributed by atoms with Crippen LogP contribution in [0.1, 0.15) is 21.7 Å². The summed E-state index contributed by atoms with van der Waals surface area (Å²) >= 11 is 0. The number of ketones is 1. The molecule has 1 heterocycles. The Bertz CT molecular complexity index is 912. The van der Waals surface area contributed by atoms with Gasteiger partial charge in [0.25, 0.3) is 0 Å². The largest absolute Gasteiger partial charge is 0.383 e. The zero-order chi connectivity index (χ0) is 17.8. The highest BCUT2D eigenvalue weighted by molar-refractivity contribution is 6.28. The highest BCUT2D eigenvalue weighted by atomic mass is 16.1. The van der Waals surface area contributed by atoms with E-state index < -0.39 is 0 Å². The lowest BCUT2D eigenvalue weighted by atomic mass is 9.99. The van der Waals surface area contributed by atoms with Gasteiger partial charge in [0.05, 0.1) is 11.3 Å². The highest BCUT2D eigenvalue weighted by Gasteiger charge is 2.22. The molecule has 0 aliphatic rings. The number of allylic oxidation sites excluding steroid dienone is 1. The second-order valence-electron chi connectivity index (χ2n) is 5.90. The highest BCUT2D eigenvalue weighted by Crippen LogP contribution is 2.22. The van der Waals surface area contributed by atoms with E-state index in [0.29, 0.717) is 17.0 Å². The van der Waals surface area contributed by atoms with Crippen LogP contribution in [0.25, 0.3) is 11.3 Å². The summed E-state index contributed by atoms with van der Waals surface area (Å²) in [6, 6.07) is 17.0. The lowest BCUT2D eigenvalue weighted by Crippen LogP contribution is -2.14. The molecule has 0 radical (unpaired) electrons. The number of hydrogen-bond acceptors (Lipinski definition) is 5. The quantitative estimate of drug-likeness (QED) is 0.531. The van der Waals surface area contributed by atoms with Gasteiger partial charge in [-0.15, -0.1) is 5.10 Å². The Labute approximate surface area is 146 Å². The fourth-order valence-corrected chi connectivity index (χ4v) is 2.55. The predicted octanol–water partition coefficient (Wildman–Crippen LogP) is 2.76. The van der Waals surface area contributed by atoms with Gasteiger partial charge in [-0.2, -0.15) is 4.68 Å². The summed E-state index contributed by atoms with van der Waals surface area (Å²) in [5, 5.41) is 11.9. The van der Waals surface area contributed by atoms with Crippen molar-refractivity contribution in [3.8, 4) is 5.69 Å². The molecular formula is C19H19N5O. The van der Waals surface area contributed by atoms with Crippen molar-refractivity contribution >= 4 is 11.4 Å². The molecular weight excluding hydrogens is 314 g/mol. The molecule has 0 spiro atoms. The van der Waals surface area contributed by atoms with E-state index in [9.17, 15) is 4.79 Å². The molecule has 0 N–H and O–H groups in total. The summed E-state index contributed by atoms with van der Waals surface area (Å²) in [5.74, 6) is 0.298. The van der Waals surface area contributed by atoms with E-state index in [4.69, 9.17) is 0 Å². The van der Waals surface area contributed by atoms with Gasteiger partial charge >= 0.3 is 0 Å². The van der Waals surface area contributed by atoms with Crippen LogP contribution in [-0.4, -0.2) is 45.0 Å². The van der Waals surface area contributed by atoms with E-state index in [0.717, 1.165) is 11.3 Å². The molecule has 0 fully saturated rings. The van der Waals surface area contributed by atoms with E-state index in [-0.39, 0.29) is 5.78 Å². The van der Waals surface area contributed by atoms with Crippen LogP contribution >= 0.6 is 0 Å². The molecule has 0 aliphatic heterocycles. The van der Waals surface area contributed by atoms with Crippen molar-refractivity contribution in [2.24, 2.45) is 0 Å². The van der Waals surface area contributed by atoms with E-state index in [1.54, 1.807) is 10.9 Å². The summed E-state index contributed by atoms with van der Waals surface area (Å²) in [4.78, 5) is 15.0. The number of Topliss-reactive ketones (excluding diaryl/α,β-unsaturated/α-hetero) is 1. The maximum Gasteiger partial charge on any atom is 0.198 e. The van der Waals surface area contributed by atoms with Crippen LogP contribution in [0.15, 0.2) is 60.8 Å². The molecule has 0 amide bonds. The standard InChI is InChI=1S/C19H19N5O/c1-14-9-7-8-12-16(14)18(25)17(13-23(2)3)19-20-21-22-24(19)15-10-5-4-6-11-15/h4-13H,1-3H3. The van der Waals surface area contributed by atoms with Gasteiger partial charge in [-0.3, -0.25) is 4.79 Å². The molecule has 1 aromatic heterocycles. The number of nitrogens with zero attached hydrogens (tertiary/aromatic N) is 5. The van der Waals surface area contributed by atoms with E-state index in [2.05, 4.69) is 15.5 Å². The Kier molecular flexibility index (Phi) is 4.70. The van der Waals surface area contributed by atoms with Crippen molar-refractivity contribution in [1.29, 1.82) is 0 Å². The minimum atomic E-state index is -0.112. The van der Waals surface area contributed by atoms with Gasteiger partial charge in [-0.05, 0) is 35.0 Å². The zero-order valence-electron chi connectivity index (χ0n) is 14.4. The number of benzene rings is 2. The molecule has 126 valence electrons. The number of carbonyl (C=O) groups excluding carboxylic acids is 1. The first-order valence-corrected chi connectivity index (χ1v) is 7.90. The van der Waals surface area contributed by atoms with Crippen molar-refractivity contribution in [2.45, 2.75) is 6.92 Å². The molecule has 0 atom stereocenters. The molecule has 25 heavy (non-hydrogen) atoms. The van der Waals surface area contributed by atoms with Crippen molar-refractivity contribution in [2.75, 3.05) is 14.1 Å². The topological polar surface area (TPSA) is 63.9 Å². The third-order valence-electron chi connectivity index (χ3n) is 3.73. The predicted molar refractivity (Wildman–Crippen MR) is 96.3 cm³/mol. The van der Waals surface area contributed by atoms with Crippen LogP contribution in [0.5, 0.6) is 0 Å². The fourth-order valence-electron chi connectivity index (χ4n) is 2.55. The second-order valence-corrected chi connectivity index (χ2v) is 5.90. The van der Waals surface area contributed by atoms with Crippen molar-refractivity contribution < 1.29 is 4.79 Å². The number of aromatic nitrogens is 4. The minimum Gasteiger partial charge on any atom is -0.383 e. The molecule has 6 heteroatoms. The maximum atomic E-state index is 13.2. The van der Waals surface area contributed by atoms with Gasteiger partial charge in [0.1, 0.15) is 0 Å². The van der Waals surface area contributed by atoms with Crippen LogP contribution in [0.4, 0.5) is 0 Å². The molecule has 0 saturated carbocycles. The lowest BCUT2D eigenvalue weighted by Gasteiger charge is -2.12. The van der Waals surface area contributed by atoms with E-state index in [1.807, 2.05) is 80.5 Å². The Morgan fingerprint density at radius 3 is 2.40 bits per heavy atom. The average molecular weight is 333 g/mol. The number of tetrazole rings is 1. The van der Waals surface area contributed by atoms with Crippen LogP contribution in [0, 0.1) is 6.92 Å². The van der Waals surface area contributed by atoms with Gasteiger partial charge in [-0.25, -0.2) is 0 Å². The molecule has 0 saturated heterocycles. The normalized spacial score (nSPS) is 11.4.